The zero-order valence-corrected chi connectivity index (χ0v) is 14.6. The SMILES string of the molecule is Cc1cnc2c(c1)nc(C(C)Cl)n2CC(C)(C)CN(C)C. The Bertz CT molecular complexity index is 628. The van der Waals surface area contributed by atoms with Crippen molar-refractivity contribution in [1.82, 2.24) is 19.4 Å². The largest absolute Gasteiger partial charge is 0.311 e. The Morgan fingerprint density at radius 2 is 2.05 bits per heavy atom. The Kier molecular flexibility index (Phi) is 4.59. The van der Waals surface area contributed by atoms with E-state index in [1.54, 1.807) is 0 Å². The van der Waals surface area contributed by atoms with Crippen LogP contribution in [0.2, 0.25) is 0 Å². The van der Waals surface area contributed by atoms with Gasteiger partial charge in [0.1, 0.15) is 11.3 Å². The number of halogens is 1. The molecule has 2 rings (SSSR count). The predicted octanol–water partition coefficient (Wildman–Crippen LogP) is 3.63. The maximum atomic E-state index is 6.33. The first-order valence-corrected chi connectivity index (χ1v) is 7.75. The van der Waals surface area contributed by atoms with Crippen molar-refractivity contribution in [2.24, 2.45) is 5.41 Å². The molecule has 0 saturated carbocycles. The minimum atomic E-state index is -0.130. The zero-order valence-electron chi connectivity index (χ0n) is 13.8. The second-order valence-electron chi connectivity index (χ2n) is 6.93. The van der Waals surface area contributed by atoms with Gasteiger partial charge in [0.2, 0.25) is 0 Å². The van der Waals surface area contributed by atoms with E-state index in [-0.39, 0.29) is 10.8 Å². The van der Waals surface area contributed by atoms with Crippen LogP contribution in [0.15, 0.2) is 12.3 Å². The van der Waals surface area contributed by atoms with Crippen molar-refractivity contribution in [1.29, 1.82) is 0 Å². The van der Waals surface area contributed by atoms with Crippen LogP contribution in [0.3, 0.4) is 0 Å². The number of pyridine rings is 1. The summed E-state index contributed by atoms with van der Waals surface area (Å²) >= 11 is 6.33. The summed E-state index contributed by atoms with van der Waals surface area (Å²) in [6, 6.07) is 2.07. The van der Waals surface area contributed by atoms with E-state index in [1.165, 1.54) is 0 Å². The third-order valence-corrected chi connectivity index (χ3v) is 3.63. The van der Waals surface area contributed by atoms with Crippen LogP contribution in [-0.4, -0.2) is 40.1 Å². The molecule has 0 saturated heterocycles. The van der Waals surface area contributed by atoms with E-state index >= 15 is 0 Å². The van der Waals surface area contributed by atoms with Crippen molar-refractivity contribution in [3.8, 4) is 0 Å². The van der Waals surface area contributed by atoms with E-state index < -0.39 is 0 Å². The number of hydrogen-bond donors (Lipinski definition) is 0. The van der Waals surface area contributed by atoms with Gasteiger partial charge in [0, 0.05) is 19.3 Å². The number of rotatable bonds is 5. The number of aromatic nitrogens is 3. The summed E-state index contributed by atoms with van der Waals surface area (Å²) in [4.78, 5) is 11.5. The molecule has 0 radical (unpaired) electrons. The molecule has 2 heterocycles. The molecule has 1 unspecified atom stereocenters. The van der Waals surface area contributed by atoms with Crippen LogP contribution in [0.5, 0.6) is 0 Å². The van der Waals surface area contributed by atoms with Crippen molar-refractivity contribution in [2.45, 2.75) is 39.6 Å². The molecule has 116 valence electrons. The molecular formula is C16H25ClN4. The van der Waals surface area contributed by atoms with Gasteiger partial charge in [-0.2, -0.15) is 0 Å². The minimum absolute atomic E-state index is 0.115. The number of nitrogens with zero attached hydrogens (tertiary/aromatic N) is 4. The fraction of sp³-hybridized carbons (Fsp3) is 0.625. The van der Waals surface area contributed by atoms with Crippen molar-refractivity contribution in [3.63, 3.8) is 0 Å². The highest BCUT2D eigenvalue weighted by Gasteiger charge is 2.24. The lowest BCUT2D eigenvalue weighted by Gasteiger charge is -2.29. The fourth-order valence-corrected chi connectivity index (χ4v) is 3.09. The molecule has 0 aliphatic carbocycles. The van der Waals surface area contributed by atoms with Gasteiger partial charge in [-0.15, -0.1) is 11.6 Å². The molecule has 0 fully saturated rings. The molecule has 0 aromatic carbocycles. The van der Waals surface area contributed by atoms with E-state index in [9.17, 15) is 0 Å². The number of imidazole rings is 1. The second-order valence-corrected chi connectivity index (χ2v) is 7.58. The molecule has 0 spiro atoms. The quantitative estimate of drug-likeness (QED) is 0.791. The van der Waals surface area contributed by atoms with Gasteiger partial charge in [0.15, 0.2) is 5.65 Å². The van der Waals surface area contributed by atoms with Crippen LogP contribution in [-0.2, 0) is 6.54 Å². The molecular weight excluding hydrogens is 284 g/mol. The summed E-state index contributed by atoms with van der Waals surface area (Å²) in [7, 11) is 4.20. The standard InChI is InChI=1S/C16H25ClN4/c1-11-7-13-15(18-8-11)21(14(19-13)12(2)17)10-16(3,4)9-20(5)6/h7-8,12H,9-10H2,1-6H3. The highest BCUT2D eigenvalue weighted by Crippen LogP contribution is 2.28. The summed E-state index contributed by atoms with van der Waals surface area (Å²) in [6.07, 6.45) is 1.89. The van der Waals surface area contributed by atoms with Crippen LogP contribution in [0.4, 0.5) is 0 Å². The summed E-state index contributed by atoms with van der Waals surface area (Å²) in [5.74, 6) is 0.900. The molecule has 0 bridgehead atoms. The van der Waals surface area contributed by atoms with Gasteiger partial charge in [0.05, 0.1) is 5.38 Å². The topological polar surface area (TPSA) is 34.0 Å². The van der Waals surface area contributed by atoms with Gasteiger partial charge in [-0.1, -0.05) is 13.8 Å². The zero-order chi connectivity index (χ0) is 15.8. The summed E-state index contributed by atoms with van der Waals surface area (Å²) in [6.45, 7) is 10.4. The maximum Gasteiger partial charge on any atom is 0.160 e. The lowest BCUT2D eigenvalue weighted by atomic mass is 9.92. The Balaban J connectivity index is 2.48. The Morgan fingerprint density at radius 1 is 1.38 bits per heavy atom. The van der Waals surface area contributed by atoms with E-state index in [0.29, 0.717) is 0 Å². The number of alkyl halides is 1. The highest BCUT2D eigenvalue weighted by atomic mass is 35.5. The van der Waals surface area contributed by atoms with Gasteiger partial charge in [-0.05, 0) is 45.0 Å². The van der Waals surface area contributed by atoms with Gasteiger partial charge < -0.3 is 9.47 Å². The van der Waals surface area contributed by atoms with Crippen molar-refractivity contribution < 1.29 is 0 Å². The number of fused-ring (bicyclic) bond motifs is 1. The van der Waals surface area contributed by atoms with Crippen LogP contribution in [0.25, 0.3) is 11.2 Å². The number of hydrogen-bond acceptors (Lipinski definition) is 3. The first kappa shape index (κ1) is 16.2. The first-order valence-electron chi connectivity index (χ1n) is 7.31. The lowest BCUT2D eigenvalue weighted by Crippen LogP contribution is -2.33. The van der Waals surface area contributed by atoms with Crippen LogP contribution >= 0.6 is 11.6 Å². The van der Waals surface area contributed by atoms with Crippen LogP contribution < -0.4 is 0 Å². The minimum Gasteiger partial charge on any atom is -0.311 e. The van der Waals surface area contributed by atoms with Gasteiger partial charge in [-0.25, -0.2) is 9.97 Å². The van der Waals surface area contributed by atoms with Crippen molar-refractivity contribution >= 4 is 22.8 Å². The van der Waals surface area contributed by atoms with E-state index in [4.69, 9.17) is 16.6 Å². The summed E-state index contributed by atoms with van der Waals surface area (Å²) < 4.78 is 2.18. The molecule has 0 amide bonds. The molecule has 5 heteroatoms. The average molecular weight is 309 g/mol. The third kappa shape index (κ3) is 3.74. The number of aryl methyl sites for hydroxylation is 1. The van der Waals surface area contributed by atoms with Gasteiger partial charge in [-0.3, -0.25) is 0 Å². The van der Waals surface area contributed by atoms with Crippen LogP contribution in [0, 0.1) is 12.3 Å². The average Bonchev–Trinajstić information content (AvgIpc) is 2.64. The molecule has 21 heavy (non-hydrogen) atoms. The van der Waals surface area contributed by atoms with Crippen molar-refractivity contribution in [3.05, 3.63) is 23.7 Å². The lowest BCUT2D eigenvalue weighted by molar-refractivity contribution is 0.211. The van der Waals surface area contributed by atoms with Crippen LogP contribution in [0.1, 0.15) is 37.5 Å². The molecule has 0 N–H and O–H groups in total. The van der Waals surface area contributed by atoms with Gasteiger partial charge >= 0.3 is 0 Å². The van der Waals surface area contributed by atoms with E-state index in [1.807, 2.05) is 20.0 Å². The Labute approximate surface area is 132 Å². The second kappa shape index (κ2) is 5.93. The highest BCUT2D eigenvalue weighted by molar-refractivity contribution is 6.20. The first-order chi connectivity index (χ1) is 9.69. The summed E-state index contributed by atoms with van der Waals surface area (Å²) in [5, 5.41) is -0.130. The van der Waals surface area contributed by atoms with Crippen molar-refractivity contribution in [2.75, 3.05) is 20.6 Å². The van der Waals surface area contributed by atoms with E-state index in [2.05, 4.69) is 48.5 Å². The monoisotopic (exact) mass is 308 g/mol. The molecule has 0 aliphatic heterocycles. The predicted molar refractivity (Wildman–Crippen MR) is 88.9 cm³/mol. The fourth-order valence-electron chi connectivity index (χ4n) is 2.92. The van der Waals surface area contributed by atoms with E-state index in [0.717, 1.165) is 35.6 Å². The Morgan fingerprint density at radius 3 is 2.62 bits per heavy atom. The summed E-state index contributed by atoms with van der Waals surface area (Å²) in [5.41, 5.74) is 3.09. The maximum absolute atomic E-state index is 6.33. The molecule has 2 aromatic rings. The molecule has 2 aromatic heterocycles. The normalized spacial score (nSPS) is 14.1. The third-order valence-electron chi connectivity index (χ3n) is 3.44. The molecule has 0 aliphatic rings. The smallest absolute Gasteiger partial charge is 0.160 e. The molecule has 1 atom stereocenters. The van der Waals surface area contributed by atoms with Gasteiger partial charge in [0.25, 0.3) is 0 Å². The molecule has 4 nitrogen and oxygen atoms in total. The Hall–Kier alpha value is -1.13.